The van der Waals surface area contributed by atoms with Gasteiger partial charge in [-0.3, -0.25) is 23.9 Å². The van der Waals surface area contributed by atoms with Crippen molar-refractivity contribution in [3.8, 4) is 0 Å². The van der Waals surface area contributed by atoms with Crippen LogP contribution in [-0.2, 0) is 5.54 Å². The third-order valence-corrected chi connectivity index (χ3v) is 12.8. The number of hydrogen-bond acceptors (Lipinski definition) is 15. The second-order valence-corrected chi connectivity index (χ2v) is 22.3. The average molecular weight is 1130 g/mol. The number of aliphatic imine (C=N–C) groups is 1. The predicted molar refractivity (Wildman–Crippen MR) is 329 cm³/mol. The Labute approximate surface area is 481 Å². The number of nitrogens with one attached hydrogen (secondary N) is 4. The molecular formula is C59H87N19O4. The van der Waals surface area contributed by atoms with Crippen LogP contribution in [0.2, 0.25) is 0 Å². The van der Waals surface area contributed by atoms with E-state index in [1.165, 1.54) is 10.1 Å². The predicted octanol–water partition coefficient (Wildman–Crippen LogP) is 10.5. The van der Waals surface area contributed by atoms with Crippen molar-refractivity contribution in [3.05, 3.63) is 145 Å². The molecule has 0 aliphatic carbocycles. The quantitative estimate of drug-likeness (QED) is 0.125. The van der Waals surface area contributed by atoms with Gasteiger partial charge in [0.25, 0.3) is 17.0 Å². The van der Waals surface area contributed by atoms with Crippen LogP contribution in [0.4, 0.5) is 5.82 Å². The minimum absolute atomic E-state index is 0. The van der Waals surface area contributed by atoms with Gasteiger partial charge in [0.15, 0.2) is 22.5 Å². The van der Waals surface area contributed by atoms with Crippen LogP contribution in [0.15, 0.2) is 93.4 Å². The number of hydrogen-bond donors (Lipinski definition) is 4. The summed E-state index contributed by atoms with van der Waals surface area (Å²) in [5.41, 5.74) is 8.27. The number of carbonyl (C=O) groups excluding carboxylic acids is 1. The van der Waals surface area contributed by atoms with Crippen molar-refractivity contribution in [2.24, 2.45) is 4.99 Å². The number of anilines is 1. The van der Waals surface area contributed by atoms with Crippen molar-refractivity contribution in [2.45, 2.75) is 189 Å². The molecule has 0 bridgehead atoms. The summed E-state index contributed by atoms with van der Waals surface area (Å²) in [4.78, 5) is 90.6. The first-order chi connectivity index (χ1) is 37.7. The fourth-order valence-corrected chi connectivity index (χ4v) is 8.37. The number of imidazole rings is 3. The Morgan fingerprint density at radius 3 is 1.66 bits per heavy atom. The molecule has 23 nitrogen and oxygen atoms in total. The zero-order valence-electron chi connectivity index (χ0n) is 51.2. The number of aryl methyl sites for hydroxylation is 6. The number of carbonyl (C=O) groups is 1. The first kappa shape index (κ1) is 65.9. The number of amides is 1. The molecule has 0 unspecified atom stereocenters. The number of H-pyrrole nitrogens is 2. The monoisotopic (exact) mass is 1130 g/mol. The van der Waals surface area contributed by atoms with Gasteiger partial charge in [0.1, 0.15) is 46.1 Å². The Morgan fingerprint density at radius 1 is 0.573 bits per heavy atom. The number of fused-ring (bicyclic) bond motifs is 4. The number of aromatic amines is 2. The zero-order valence-corrected chi connectivity index (χ0v) is 51.2. The second-order valence-electron chi connectivity index (χ2n) is 22.3. The third kappa shape index (κ3) is 15.8. The molecule has 0 saturated heterocycles. The number of rotatable bonds is 5. The highest BCUT2D eigenvalue weighted by molar-refractivity contribution is 6.00. The van der Waals surface area contributed by atoms with Crippen molar-refractivity contribution in [1.29, 1.82) is 0 Å². The van der Waals surface area contributed by atoms with E-state index >= 15 is 0 Å². The highest BCUT2D eigenvalue weighted by Crippen LogP contribution is 2.27. The molecule has 23 heteroatoms. The molecular weight excluding hydrogens is 1040 g/mol. The van der Waals surface area contributed by atoms with Gasteiger partial charge in [-0.15, -0.1) is 0 Å². The first-order valence-corrected chi connectivity index (χ1v) is 27.0. The summed E-state index contributed by atoms with van der Waals surface area (Å²) in [6.45, 7) is 49.7. The lowest BCUT2D eigenvalue weighted by molar-refractivity contribution is 0.0959. The van der Waals surface area contributed by atoms with Gasteiger partial charge >= 0.3 is 5.69 Å². The maximum absolute atomic E-state index is 11.5. The SMILES string of the molecule is C.C=C1N=C(C)C(C)=CN1C(C)C.C=C1NC(=O)c2ncn(C(C)(C)C)c2N1.Cc1cn(C(C)C)c(=O)[nH]c1=O.Cc1nc(C)c2ccn(C(C)C)c2n1.Cc1nc(C)c2ncn(C(C)C)c2n1.Cc1nc2c(ncn2C(C)C)c(=O)[nH]1. The summed E-state index contributed by atoms with van der Waals surface area (Å²) in [6.07, 6.45) is 10.9. The van der Waals surface area contributed by atoms with E-state index in [9.17, 15) is 19.2 Å². The number of aromatic nitrogens is 15. The van der Waals surface area contributed by atoms with E-state index in [0.29, 0.717) is 58.0 Å². The molecule has 0 atom stereocenters. The molecule has 4 N–H and O–H groups in total. The summed E-state index contributed by atoms with van der Waals surface area (Å²) < 4.78 is 9.55. The summed E-state index contributed by atoms with van der Waals surface area (Å²) >= 11 is 0. The largest absolute Gasteiger partial charge is 0.331 e. The smallest absolute Gasteiger partial charge is 0.328 e. The zero-order chi connectivity index (χ0) is 60.7. The van der Waals surface area contributed by atoms with E-state index in [-0.39, 0.29) is 47.8 Å². The van der Waals surface area contributed by atoms with E-state index < -0.39 is 0 Å². The summed E-state index contributed by atoms with van der Waals surface area (Å²) in [7, 11) is 0. The molecule has 442 valence electrons. The van der Waals surface area contributed by atoms with E-state index in [1.807, 2.05) is 98.5 Å². The highest BCUT2D eigenvalue weighted by Gasteiger charge is 2.28. The van der Waals surface area contributed by atoms with Crippen LogP contribution in [0, 0.1) is 41.5 Å². The van der Waals surface area contributed by atoms with Crippen LogP contribution >= 0.6 is 0 Å². The molecule has 0 radical (unpaired) electrons. The van der Waals surface area contributed by atoms with Crippen molar-refractivity contribution in [1.82, 2.24) is 82.9 Å². The van der Waals surface area contributed by atoms with Crippen LogP contribution in [0.3, 0.4) is 0 Å². The highest BCUT2D eigenvalue weighted by atomic mass is 16.2. The Balaban J connectivity index is 0.000000211. The van der Waals surface area contributed by atoms with Gasteiger partial charge in [0.2, 0.25) is 0 Å². The minimum atomic E-state index is -0.347. The summed E-state index contributed by atoms with van der Waals surface area (Å²) in [5.74, 6) is 4.08. The van der Waals surface area contributed by atoms with Gasteiger partial charge < -0.3 is 38.8 Å². The Bertz CT molecular complexity index is 3730. The maximum atomic E-state index is 11.5. The number of allylic oxidation sites excluding steroid dienone is 1. The van der Waals surface area contributed by atoms with Gasteiger partial charge in [-0.1, -0.05) is 20.6 Å². The van der Waals surface area contributed by atoms with Crippen molar-refractivity contribution in [3.63, 3.8) is 0 Å². The maximum Gasteiger partial charge on any atom is 0.328 e. The molecule has 82 heavy (non-hydrogen) atoms. The lowest BCUT2D eigenvalue weighted by atomic mass is 10.1. The molecule has 0 saturated carbocycles. The molecule has 2 aliphatic rings. The topological polar surface area (TPSA) is 267 Å². The van der Waals surface area contributed by atoms with Gasteiger partial charge in [0, 0.05) is 71.0 Å². The van der Waals surface area contributed by atoms with Gasteiger partial charge in [0.05, 0.1) is 30.4 Å². The number of nitrogens with zero attached hydrogens (tertiary/aromatic N) is 15. The molecule has 0 spiro atoms. The van der Waals surface area contributed by atoms with Crippen LogP contribution < -0.4 is 27.4 Å². The lowest BCUT2D eigenvalue weighted by Gasteiger charge is -2.28. The molecule has 0 aromatic carbocycles. The van der Waals surface area contributed by atoms with Crippen LogP contribution in [0.1, 0.15) is 180 Å². The van der Waals surface area contributed by atoms with Gasteiger partial charge in [-0.05, 0) is 157 Å². The normalized spacial score (nSPS) is 13.0. The minimum Gasteiger partial charge on any atom is -0.331 e. The molecule has 10 heterocycles. The average Bonchev–Trinajstić information content (AvgIpc) is 4.23. The van der Waals surface area contributed by atoms with Crippen molar-refractivity contribution >= 4 is 50.8 Å². The molecule has 0 fully saturated rings. The lowest BCUT2D eigenvalue weighted by Crippen LogP contribution is -2.34. The fourth-order valence-electron chi connectivity index (χ4n) is 8.37. The van der Waals surface area contributed by atoms with Crippen LogP contribution in [-0.4, -0.2) is 95.2 Å². The molecule has 8 aromatic heterocycles. The Kier molecular flexibility index (Phi) is 21.9. The van der Waals surface area contributed by atoms with Crippen LogP contribution in [0.5, 0.6) is 0 Å². The van der Waals surface area contributed by atoms with E-state index in [1.54, 1.807) is 32.7 Å². The van der Waals surface area contributed by atoms with Gasteiger partial charge in [-0.2, -0.15) is 0 Å². The summed E-state index contributed by atoms with van der Waals surface area (Å²) in [6, 6.07) is 3.69. The van der Waals surface area contributed by atoms with E-state index in [2.05, 4.69) is 160 Å². The van der Waals surface area contributed by atoms with E-state index in [0.717, 1.165) is 56.8 Å². The molecule has 1 amide bonds. The third-order valence-electron chi connectivity index (χ3n) is 12.8. The summed E-state index contributed by atoms with van der Waals surface area (Å²) in [5, 5.41) is 6.76. The molecule has 2 aliphatic heterocycles. The van der Waals surface area contributed by atoms with Gasteiger partial charge in [-0.25, -0.2) is 49.7 Å². The van der Waals surface area contributed by atoms with E-state index in [4.69, 9.17) is 0 Å². The van der Waals surface area contributed by atoms with Crippen molar-refractivity contribution in [2.75, 3.05) is 5.32 Å². The molecule has 8 aromatic rings. The molecule has 10 rings (SSSR count). The Morgan fingerprint density at radius 2 is 1.11 bits per heavy atom. The standard InChI is InChI=1S/C11H15N3.C10H14N4O.C10H14N4.C10H16N2.C9H12N4O.C8H12N2O2.CH4/c1-7(2)14-6-5-10-8(3)12-9(4)13-11(10)14;1-6-12-8-7(9(15)13-6)11-5-14(8)10(2,3)4;1-6(2)14-5-11-9-7(3)12-8(4)13-10(9)14;1-7(2)12-6-8(3)9(4)11-10(12)5;1-5(2)13-4-10-7-8(13)11-6(3)12-9(7)14;1-5(2)10-4-6(3)7(11)9-8(10)12;/h5-7H,1-4H3;5,12H,1H2,2-4H3,(H,13,15);5-6H,1-4H3;6-7H,5H2,1-4H3;4-5H,1-3H3,(H,11,12,14);4-5H,1-3H3,(H,9,11,12);1H4. The van der Waals surface area contributed by atoms with Crippen LogP contribution in [0.25, 0.3) is 33.4 Å². The second kappa shape index (κ2) is 27.2. The first-order valence-electron chi connectivity index (χ1n) is 27.0. The van der Waals surface area contributed by atoms with Crippen molar-refractivity contribution < 1.29 is 4.79 Å². The Hall–Kier alpha value is -8.63. The fraction of sp³-hybridized carbons (Fsp3) is 0.475.